The van der Waals surface area contributed by atoms with Gasteiger partial charge in [-0.15, -0.1) is 0 Å². The Hall–Kier alpha value is -1.46. The van der Waals surface area contributed by atoms with Crippen LogP contribution in [0.15, 0.2) is 35.2 Å². The third kappa shape index (κ3) is 3.35. The van der Waals surface area contributed by atoms with Crippen LogP contribution < -0.4 is 0 Å². The molecule has 1 fully saturated rings. The standard InChI is InChI=1S/C13H15NO5S/c1-13(2)17-9-12(18-13)11(8-14)19-20(15,16)10-6-4-3-5-7-10/h3-7,11-12H,9H2,1-2H3/t11-,12-/m1/s1. The van der Waals surface area contributed by atoms with Crippen molar-refractivity contribution in [1.29, 1.82) is 5.26 Å². The predicted molar refractivity (Wildman–Crippen MR) is 69.0 cm³/mol. The molecule has 0 amide bonds. The van der Waals surface area contributed by atoms with E-state index in [1.807, 2.05) is 0 Å². The highest BCUT2D eigenvalue weighted by Gasteiger charge is 2.40. The zero-order chi connectivity index (χ0) is 14.8. The molecule has 0 N–H and O–H groups in total. The lowest BCUT2D eigenvalue weighted by atomic mass is 10.2. The molecule has 0 aliphatic carbocycles. The monoisotopic (exact) mass is 297 g/mol. The number of ether oxygens (including phenoxy) is 2. The van der Waals surface area contributed by atoms with Crippen LogP contribution in [0.1, 0.15) is 13.8 Å². The lowest BCUT2D eigenvalue weighted by Crippen LogP contribution is -2.33. The number of benzene rings is 1. The quantitative estimate of drug-likeness (QED) is 0.782. The summed E-state index contributed by atoms with van der Waals surface area (Å²) in [6.45, 7) is 3.48. The van der Waals surface area contributed by atoms with Crippen LogP contribution in [0.25, 0.3) is 0 Å². The number of nitriles is 1. The van der Waals surface area contributed by atoms with Crippen LogP contribution >= 0.6 is 0 Å². The maximum Gasteiger partial charge on any atom is 0.298 e. The van der Waals surface area contributed by atoms with Gasteiger partial charge in [-0.3, -0.25) is 0 Å². The van der Waals surface area contributed by atoms with Crippen LogP contribution in [0.4, 0.5) is 0 Å². The maximum absolute atomic E-state index is 12.0. The summed E-state index contributed by atoms with van der Waals surface area (Å²) >= 11 is 0. The summed E-state index contributed by atoms with van der Waals surface area (Å²) in [5, 5.41) is 9.09. The van der Waals surface area contributed by atoms with Gasteiger partial charge in [0.2, 0.25) is 0 Å². The molecule has 0 unspecified atom stereocenters. The molecule has 108 valence electrons. The summed E-state index contributed by atoms with van der Waals surface area (Å²) in [6, 6.07) is 9.46. The average molecular weight is 297 g/mol. The molecule has 7 heteroatoms. The molecule has 0 radical (unpaired) electrons. The number of hydrogen-bond donors (Lipinski definition) is 0. The molecule has 1 aliphatic heterocycles. The van der Waals surface area contributed by atoms with Crippen molar-refractivity contribution in [2.75, 3.05) is 6.61 Å². The molecule has 1 aliphatic rings. The van der Waals surface area contributed by atoms with Gasteiger partial charge in [0.1, 0.15) is 6.10 Å². The highest BCUT2D eigenvalue weighted by molar-refractivity contribution is 7.86. The molecule has 6 nitrogen and oxygen atoms in total. The molecule has 1 heterocycles. The van der Waals surface area contributed by atoms with Crippen LogP contribution in [0.2, 0.25) is 0 Å². The van der Waals surface area contributed by atoms with Gasteiger partial charge in [-0.1, -0.05) is 18.2 Å². The molecular formula is C13H15NO5S. The number of rotatable bonds is 4. The van der Waals surface area contributed by atoms with Crippen molar-refractivity contribution >= 4 is 10.1 Å². The summed E-state index contributed by atoms with van der Waals surface area (Å²) < 4.78 is 39.8. The van der Waals surface area contributed by atoms with E-state index in [2.05, 4.69) is 0 Å². The van der Waals surface area contributed by atoms with E-state index in [-0.39, 0.29) is 11.5 Å². The highest BCUT2D eigenvalue weighted by atomic mass is 32.2. The minimum absolute atomic E-state index is 0.00146. The molecule has 1 saturated heterocycles. The van der Waals surface area contributed by atoms with Crippen molar-refractivity contribution in [2.24, 2.45) is 0 Å². The fourth-order valence-corrected chi connectivity index (χ4v) is 2.85. The van der Waals surface area contributed by atoms with E-state index in [4.69, 9.17) is 18.9 Å². The van der Waals surface area contributed by atoms with Gasteiger partial charge < -0.3 is 9.47 Å². The largest absolute Gasteiger partial charge is 0.348 e. The first-order valence-electron chi connectivity index (χ1n) is 6.04. The Bertz CT molecular complexity index is 605. The van der Waals surface area contributed by atoms with E-state index in [0.717, 1.165) is 0 Å². The van der Waals surface area contributed by atoms with Crippen LogP contribution in [0.3, 0.4) is 0 Å². The van der Waals surface area contributed by atoms with Gasteiger partial charge in [-0.25, -0.2) is 4.18 Å². The van der Waals surface area contributed by atoms with Crippen molar-refractivity contribution in [1.82, 2.24) is 0 Å². The Morgan fingerprint density at radius 2 is 2.05 bits per heavy atom. The van der Waals surface area contributed by atoms with Gasteiger partial charge in [0.05, 0.1) is 17.6 Å². The molecule has 0 saturated carbocycles. The topological polar surface area (TPSA) is 85.6 Å². The SMILES string of the molecule is CC1(C)OC[C@H]([C@@H](C#N)OS(=O)(=O)c2ccccc2)O1. The first-order valence-corrected chi connectivity index (χ1v) is 7.45. The fourth-order valence-electron chi connectivity index (χ4n) is 1.81. The fraction of sp³-hybridized carbons (Fsp3) is 0.462. The highest BCUT2D eigenvalue weighted by Crippen LogP contribution is 2.26. The Morgan fingerprint density at radius 1 is 1.40 bits per heavy atom. The van der Waals surface area contributed by atoms with E-state index >= 15 is 0 Å². The zero-order valence-electron chi connectivity index (χ0n) is 11.1. The summed E-state index contributed by atoms with van der Waals surface area (Å²) in [4.78, 5) is -0.00146. The van der Waals surface area contributed by atoms with E-state index in [1.165, 1.54) is 12.1 Å². The second-order valence-electron chi connectivity index (χ2n) is 4.78. The van der Waals surface area contributed by atoms with Crippen LogP contribution in [0, 0.1) is 11.3 Å². The van der Waals surface area contributed by atoms with Crippen molar-refractivity contribution in [3.8, 4) is 6.07 Å². The lowest BCUT2D eigenvalue weighted by Gasteiger charge is -2.19. The predicted octanol–water partition coefficient (Wildman–Crippen LogP) is 1.44. The third-order valence-corrected chi connectivity index (χ3v) is 4.07. The minimum atomic E-state index is -4.00. The molecular weight excluding hydrogens is 282 g/mol. The Morgan fingerprint density at radius 3 is 2.55 bits per heavy atom. The minimum Gasteiger partial charge on any atom is -0.348 e. The van der Waals surface area contributed by atoms with Crippen molar-refractivity contribution < 1.29 is 22.1 Å². The Balaban J connectivity index is 2.14. The Labute approximate surface area is 118 Å². The summed E-state index contributed by atoms with van der Waals surface area (Å²) in [5.74, 6) is -0.848. The van der Waals surface area contributed by atoms with Gasteiger partial charge in [-0.05, 0) is 26.0 Å². The van der Waals surface area contributed by atoms with E-state index in [1.54, 1.807) is 38.1 Å². The van der Waals surface area contributed by atoms with Crippen molar-refractivity contribution in [3.63, 3.8) is 0 Å². The van der Waals surface area contributed by atoms with Crippen LogP contribution in [0.5, 0.6) is 0 Å². The molecule has 20 heavy (non-hydrogen) atoms. The number of hydrogen-bond acceptors (Lipinski definition) is 6. The van der Waals surface area contributed by atoms with Crippen LogP contribution in [-0.2, 0) is 23.8 Å². The Kier molecular flexibility index (Phi) is 4.11. The van der Waals surface area contributed by atoms with E-state index < -0.39 is 28.1 Å². The number of nitrogens with zero attached hydrogens (tertiary/aromatic N) is 1. The van der Waals surface area contributed by atoms with E-state index in [9.17, 15) is 8.42 Å². The molecule has 0 bridgehead atoms. The normalized spacial score (nSPS) is 23.1. The molecule has 1 aromatic carbocycles. The smallest absolute Gasteiger partial charge is 0.298 e. The zero-order valence-corrected chi connectivity index (χ0v) is 12.0. The van der Waals surface area contributed by atoms with E-state index in [0.29, 0.717) is 0 Å². The first-order chi connectivity index (χ1) is 9.34. The molecule has 0 spiro atoms. The third-order valence-electron chi connectivity index (χ3n) is 2.76. The van der Waals surface area contributed by atoms with Gasteiger partial charge in [0.25, 0.3) is 10.1 Å². The van der Waals surface area contributed by atoms with Gasteiger partial charge in [-0.2, -0.15) is 13.7 Å². The average Bonchev–Trinajstić information content (AvgIpc) is 2.77. The van der Waals surface area contributed by atoms with Gasteiger partial charge in [0.15, 0.2) is 11.9 Å². The lowest BCUT2D eigenvalue weighted by molar-refractivity contribution is -0.145. The summed E-state index contributed by atoms with van der Waals surface area (Å²) in [5.41, 5.74) is 0. The van der Waals surface area contributed by atoms with Crippen LogP contribution in [-0.4, -0.2) is 33.0 Å². The van der Waals surface area contributed by atoms with Gasteiger partial charge >= 0.3 is 0 Å². The molecule has 2 atom stereocenters. The molecule has 2 rings (SSSR count). The summed E-state index contributed by atoms with van der Waals surface area (Å²) in [6.07, 6.45) is -1.99. The second-order valence-corrected chi connectivity index (χ2v) is 6.35. The second kappa shape index (κ2) is 5.50. The van der Waals surface area contributed by atoms with Crippen molar-refractivity contribution in [2.45, 2.75) is 36.7 Å². The molecule has 0 aromatic heterocycles. The maximum atomic E-state index is 12.0. The first kappa shape index (κ1) is 14.9. The molecule has 1 aromatic rings. The summed E-state index contributed by atoms with van der Waals surface area (Å²) in [7, 11) is -4.00. The van der Waals surface area contributed by atoms with Crippen molar-refractivity contribution in [3.05, 3.63) is 30.3 Å². The van der Waals surface area contributed by atoms with Gasteiger partial charge in [0, 0.05) is 0 Å².